The Hall–Kier alpha value is -1.95. The van der Waals surface area contributed by atoms with E-state index in [9.17, 15) is 4.79 Å². The minimum Gasteiger partial charge on any atom is -0.476 e. The molecule has 0 aliphatic carbocycles. The number of nitrogens with zero attached hydrogens (tertiary/aromatic N) is 3. The van der Waals surface area contributed by atoms with Gasteiger partial charge in [-0.25, -0.2) is 9.78 Å². The van der Waals surface area contributed by atoms with Crippen molar-refractivity contribution < 1.29 is 9.90 Å². The van der Waals surface area contributed by atoms with E-state index in [1.165, 1.54) is 11.1 Å². The Morgan fingerprint density at radius 2 is 2.35 bits per heavy atom. The van der Waals surface area contributed by atoms with E-state index in [0.29, 0.717) is 12.4 Å². The SMILES string of the molecule is CN(Cc1cccs1)c1cncc(C(=O)O)n1. The lowest BCUT2D eigenvalue weighted by Crippen LogP contribution is -2.18. The van der Waals surface area contributed by atoms with Crippen molar-refractivity contribution in [3.8, 4) is 0 Å². The third kappa shape index (κ3) is 2.79. The standard InChI is InChI=1S/C11H11N3O2S/c1-14(7-8-3-2-4-17-8)10-6-12-5-9(13-10)11(15)16/h2-6H,7H2,1H3,(H,15,16). The lowest BCUT2D eigenvalue weighted by molar-refractivity contribution is 0.0690. The van der Waals surface area contributed by atoms with Gasteiger partial charge in [-0.05, 0) is 11.4 Å². The summed E-state index contributed by atoms with van der Waals surface area (Å²) in [6.07, 6.45) is 2.80. The molecule has 0 fully saturated rings. The lowest BCUT2D eigenvalue weighted by Gasteiger charge is -2.16. The first-order valence-electron chi connectivity index (χ1n) is 4.95. The lowest BCUT2D eigenvalue weighted by atomic mass is 10.4. The zero-order valence-corrected chi connectivity index (χ0v) is 10.0. The zero-order chi connectivity index (χ0) is 12.3. The van der Waals surface area contributed by atoms with E-state index in [1.54, 1.807) is 17.5 Å². The summed E-state index contributed by atoms with van der Waals surface area (Å²) >= 11 is 1.65. The second-order valence-electron chi connectivity index (χ2n) is 3.50. The minimum absolute atomic E-state index is 0.0412. The van der Waals surface area contributed by atoms with Crippen LogP contribution in [0.2, 0.25) is 0 Å². The molecule has 0 radical (unpaired) electrons. The topological polar surface area (TPSA) is 66.3 Å². The van der Waals surface area contributed by atoms with Crippen LogP contribution in [0.1, 0.15) is 15.4 Å². The Morgan fingerprint density at radius 1 is 1.53 bits per heavy atom. The molecule has 0 aliphatic heterocycles. The first kappa shape index (κ1) is 11.5. The van der Waals surface area contributed by atoms with Gasteiger partial charge < -0.3 is 10.0 Å². The fraction of sp³-hybridized carbons (Fsp3) is 0.182. The van der Waals surface area contributed by atoms with Crippen LogP contribution in [0.5, 0.6) is 0 Å². The smallest absolute Gasteiger partial charge is 0.356 e. The number of aromatic nitrogens is 2. The maximum absolute atomic E-state index is 10.8. The van der Waals surface area contributed by atoms with Crippen LogP contribution in [0.15, 0.2) is 29.9 Å². The van der Waals surface area contributed by atoms with Crippen LogP contribution < -0.4 is 4.90 Å². The zero-order valence-electron chi connectivity index (χ0n) is 9.20. The van der Waals surface area contributed by atoms with Gasteiger partial charge in [-0.2, -0.15) is 0 Å². The largest absolute Gasteiger partial charge is 0.476 e. The maximum atomic E-state index is 10.8. The number of anilines is 1. The molecule has 17 heavy (non-hydrogen) atoms. The van der Waals surface area contributed by atoms with Crippen molar-refractivity contribution in [1.82, 2.24) is 9.97 Å². The maximum Gasteiger partial charge on any atom is 0.356 e. The second kappa shape index (κ2) is 4.92. The van der Waals surface area contributed by atoms with E-state index in [4.69, 9.17) is 5.11 Å². The number of aromatic carboxylic acids is 1. The first-order chi connectivity index (χ1) is 8.16. The molecule has 2 aromatic rings. The number of thiophene rings is 1. The van der Waals surface area contributed by atoms with Gasteiger partial charge in [-0.3, -0.25) is 4.98 Å². The van der Waals surface area contributed by atoms with Crippen molar-refractivity contribution >= 4 is 23.1 Å². The van der Waals surface area contributed by atoms with Crippen molar-refractivity contribution in [3.63, 3.8) is 0 Å². The summed E-state index contributed by atoms with van der Waals surface area (Å²) in [5.41, 5.74) is -0.0412. The molecular weight excluding hydrogens is 238 g/mol. The monoisotopic (exact) mass is 249 g/mol. The quantitative estimate of drug-likeness (QED) is 0.896. The molecule has 0 aromatic carbocycles. The fourth-order valence-electron chi connectivity index (χ4n) is 1.36. The molecule has 0 spiro atoms. The van der Waals surface area contributed by atoms with Crippen molar-refractivity contribution in [2.75, 3.05) is 11.9 Å². The number of carboxylic acids is 1. The van der Waals surface area contributed by atoms with Crippen molar-refractivity contribution in [3.05, 3.63) is 40.5 Å². The molecule has 0 atom stereocenters. The van der Waals surface area contributed by atoms with Gasteiger partial charge in [-0.15, -0.1) is 11.3 Å². The van der Waals surface area contributed by atoms with E-state index in [2.05, 4.69) is 9.97 Å². The van der Waals surface area contributed by atoms with Crippen molar-refractivity contribution in [2.24, 2.45) is 0 Å². The molecule has 0 bridgehead atoms. The highest BCUT2D eigenvalue weighted by Crippen LogP contribution is 2.15. The summed E-state index contributed by atoms with van der Waals surface area (Å²) in [7, 11) is 1.86. The molecule has 0 saturated heterocycles. The Balaban J connectivity index is 2.16. The third-order valence-corrected chi connectivity index (χ3v) is 3.07. The average Bonchev–Trinajstić information content (AvgIpc) is 2.82. The predicted octanol–water partition coefficient (Wildman–Crippen LogP) is 1.87. The van der Waals surface area contributed by atoms with Crippen LogP contribution in [-0.2, 0) is 6.54 Å². The molecule has 6 heteroatoms. The van der Waals surface area contributed by atoms with Crippen LogP contribution >= 0.6 is 11.3 Å². The fourth-order valence-corrected chi connectivity index (χ4v) is 2.12. The molecule has 1 N–H and O–H groups in total. The van der Waals surface area contributed by atoms with E-state index < -0.39 is 5.97 Å². The summed E-state index contributed by atoms with van der Waals surface area (Å²) in [5, 5.41) is 10.8. The van der Waals surface area contributed by atoms with E-state index in [1.807, 2.05) is 29.5 Å². The van der Waals surface area contributed by atoms with Gasteiger partial charge in [0.1, 0.15) is 5.82 Å². The van der Waals surface area contributed by atoms with Gasteiger partial charge in [0.2, 0.25) is 0 Å². The molecule has 88 valence electrons. The molecule has 0 aliphatic rings. The van der Waals surface area contributed by atoms with Crippen LogP contribution in [-0.4, -0.2) is 28.1 Å². The number of hydrogen-bond acceptors (Lipinski definition) is 5. The molecular formula is C11H11N3O2S. The molecule has 2 heterocycles. The van der Waals surface area contributed by atoms with Gasteiger partial charge in [0.25, 0.3) is 0 Å². The normalized spacial score (nSPS) is 10.2. The van der Waals surface area contributed by atoms with Gasteiger partial charge in [0, 0.05) is 11.9 Å². The third-order valence-electron chi connectivity index (χ3n) is 2.21. The molecule has 5 nitrogen and oxygen atoms in total. The number of rotatable bonds is 4. The molecule has 2 rings (SSSR count). The van der Waals surface area contributed by atoms with E-state index in [0.717, 1.165) is 0 Å². The van der Waals surface area contributed by atoms with Gasteiger partial charge in [0.05, 0.1) is 18.9 Å². The Labute approximate surface area is 102 Å². The van der Waals surface area contributed by atoms with Crippen LogP contribution in [0, 0.1) is 0 Å². The highest BCUT2D eigenvalue weighted by Gasteiger charge is 2.09. The number of carbonyl (C=O) groups is 1. The van der Waals surface area contributed by atoms with Crippen LogP contribution in [0.3, 0.4) is 0 Å². The summed E-state index contributed by atoms with van der Waals surface area (Å²) in [6, 6.07) is 4.00. The van der Waals surface area contributed by atoms with Crippen molar-refractivity contribution in [1.29, 1.82) is 0 Å². The summed E-state index contributed by atoms with van der Waals surface area (Å²) in [6.45, 7) is 0.690. The number of carboxylic acid groups (broad SMARTS) is 1. The van der Waals surface area contributed by atoms with Crippen LogP contribution in [0.4, 0.5) is 5.82 Å². The van der Waals surface area contributed by atoms with E-state index >= 15 is 0 Å². The van der Waals surface area contributed by atoms with Gasteiger partial charge in [-0.1, -0.05) is 6.07 Å². The highest BCUT2D eigenvalue weighted by atomic mass is 32.1. The molecule has 2 aromatic heterocycles. The first-order valence-corrected chi connectivity index (χ1v) is 5.83. The predicted molar refractivity (Wildman–Crippen MR) is 65.4 cm³/mol. The summed E-state index contributed by atoms with van der Waals surface area (Å²) in [4.78, 5) is 21.7. The summed E-state index contributed by atoms with van der Waals surface area (Å²) in [5.74, 6) is -0.512. The van der Waals surface area contributed by atoms with Gasteiger partial charge in [0.15, 0.2) is 5.69 Å². The molecule has 0 saturated carbocycles. The highest BCUT2D eigenvalue weighted by molar-refractivity contribution is 7.09. The summed E-state index contributed by atoms with van der Waals surface area (Å²) < 4.78 is 0. The Morgan fingerprint density at radius 3 is 3.00 bits per heavy atom. The molecule has 0 amide bonds. The van der Waals surface area contributed by atoms with Crippen molar-refractivity contribution in [2.45, 2.75) is 6.54 Å². The number of hydrogen-bond donors (Lipinski definition) is 1. The minimum atomic E-state index is -1.07. The van der Waals surface area contributed by atoms with E-state index in [-0.39, 0.29) is 5.69 Å². The van der Waals surface area contributed by atoms with Crippen LogP contribution in [0.25, 0.3) is 0 Å². The Bertz CT molecular complexity index is 513. The van der Waals surface area contributed by atoms with Gasteiger partial charge >= 0.3 is 5.97 Å². The second-order valence-corrected chi connectivity index (χ2v) is 4.54. The Kier molecular flexibility index (Phi) is 3.34. The average molecular weight is 249 g/mol. The molecule has 0 unspecified atom stereocenters.